The van der Waals surface area contributed by atoms with Crippen LogP contribution in [0.5, 0.6) is 11.5 Å². The number of hydrogen-bond acceptors (Lipinski definition) is 2. The van der Waals surface area contributed by atoms with Gasteiger partial charge in [-0.05, 0) is 48.9 Å². The Hall–Kier alpha value is -1.96. The molecular formula is C19H24O2. The van der Waals surface area contributed by atoms with Crippen molar-refractivity contribution in [3.05, 3.63) is 59.7 Å². The third kappa shape index (κ3) is 5.14. The number of hydrogen-bond donors (Lipinski definition) is 1. The molecule has 0 spiro atoms. The van der Waals surface area contributed by atoms with E-state index in [0.29, 0.717) is 5.75 Å². The number of benzene rings is 2. The fourth-order valence-corrected chi connectivity index (χ4v) is 2.53. The second kappa shape index (κ2) is 8.35. The SMILES string of the molecule is COc1cc(CCCCCCc2ccccc2)ccc1O. The van der Waals surface area contributed by atoms with E-state index < -0.39 is 0 Å². The van der Waals surface area contributed by atoms with Crippen molar-refractivity contribution < 1.29 is 9.84 Å². The average molecular weight is 284 g/mol. The van der Waals surface area contributed by atoms with Crippen molar-refractivity contribution in [1.29, 1.82) is 0 Å². The van der Waals surface area contributed by atoms with Gasteiger partial charge in [0.2, 0.25) is 0 Å². The quantitative estimate of drug-likeness (QED) is 0.709. The molecule has 0 saturated heterocycles. The zero-order valence-electron chi connectivity index (χ0n) is 12.7. The van der Waals surface area contributed by atoms with E-state index in [0.717, 1.165) is 6.42 Å². The van der Waals surface area contributed by atoms with Gasteiger partial charge < -0.3 is 9.84 Å². The molecule has 112 valence electrons. The van der Waals surface area contributed by atoms with Gasteiger partial charge in [0, 0.05) is 0 Å². The highest BCUT2D eigenvalue weighted by atomic mass is 16.5. The fraction of sp³-hybridized carbons (Fsp3) is 0.368. The van der Waals surface area contributed by atoms with Crippen molar-refractivity contribution in [2.24, 2.45) is 0 Å². The van der Waals surface area contributed by atoms with E-state index in [1.54, 1.807) is 13.2 Å². The molecule has 0 amide bonds. The first-order valence-electron chi connectivity index (χ1n) is 7.69. The van der Waals surface area contributed by atoms with Crippen molar-refractivity contribution >= 4 is 0 Å². The molecule has 2 aromatic rings. The van der Waals surface area contributed by atoms with Crippen LogP contribution in [0.1, 0.15) is 36.8 Å². The summed E-state index contributed by atoms with van der Waals surface area (Å²) in [6.07, 6.45) is 7.17. The van der Waals surface area contributed by atoms with E-state index in [1.807, 2.05) is 12.1 Å². The molecule has 0 aliphatic rings. The van der Waals surface area contributed by atoms with E-state index >= 15 is 0 Å². The van der Waals surface area contributed by atoms with Crippen molar-refractivity contribution in [3.8, 4) is 11.5 Å². The molecule has 0 aromatic heterocycles. The minimum absolute atomic E-state index is 0.212. The number of rotatable bonds is 8. The minimum Gasteiger partial charge on any atom is -0.504 e. The first-order valence-corrected chi connectivity index (χ1v) is 7.69. The highest BCUT2D eigenvalue weighted by Crippen LogP contribution is 2.27. The Bertz CT molecular complexity index is 535. The number of ether oxygens (including phenoxy) is 1. The maximum absolute atomic E-state index is 9.56. The molecule has 21 heavy (non-hydrogen) atoms. The van der Waals surface area contributed by atoms with Gasteiger partial charge in [-0.3, -0.25) is 0 Å². The van der Waals surface area contributed by atoms with Gasteiger partial charge in [-0.2, -0.15) is 0 Å². The second-order valence-electron chi connectivity index (χ2n) is 5.41. The summed E-state index contributed by atoms with van der Waals surface area (Å²) in [6.45, 7) is 0. The van der Waals surface area contributed by atoms with Crippen LogP contribution in [0.3, 0.4) is 0 Å². The van der Waals surface area contributed by atoms with Crippen molar-refractivity contribution in [2.75, 3.05) is 7.11 Å². The van der Waals surface area contributed by atoms with Crippen molar-refractivity contribution in [1.82, 2.24) is 0 Å². The lowest BCUT2D eigenvalue weighted by molar-refractivity contribution is 0.373. The first-order chi connectivity index (χ1) is 10.3. The van der Waals surface area contributed by atoms with E-state index in [9.17, 15) is 5.11 Å². The van der Waals surface area contributed by atoms with E-state index in [4.69, 9.17) is 4.74 Å². The predicted octanol–water partition coefficient (Wildman–Crippen LogP) is 4.75. The summed E-state index contributed by atoms with van der Waals surface area (Å²) < 4.78 is 5.13. The molecule has 2 nitrogen and oxygen atoms in total. The van der Waals surface area contributed by atoms with Crippen LogP contribution in [0.4, 0.5) is 0 Å². The van der Waals surface area contributed by atoms with Crippen molar-refractivity contribution in [2.45, 2.75) is 38.5 Å². The molecule has 0 radical (unpaired) electrons. The zero-order valence-corrected chi connectivity index (χ0v) is 12.7. The Morgan fingerprint density at radius 2 is 1.48 bits per heavy atom. The van der Waals surface area contributed by atoms with Gasteiger partial charge in [0.05, 0.1) is 7.11 Å². The average Bonchev–Trinajstić information content (AvgIpc) is 2.53. The summed E-state index contributed by atoms with van der Waals surface area (Å²) in [4.78, 5) is 0. The van der Waals surface area contributed by atoms with Crippen LogP contribution in [-0.2, 0) is 12.8 Å². The largest absolute Gasteiger partial charge is 0.504 e. The molecule has 0 bridgehead atoms. The topological polar surface area (TPSA) is 29.5 Å². The van der Waals surface area contributed by atoms with Crippen LogP contribution in [0.15, 0.2) is 48.5 Å². The summed E-state index contributed by atoms with van der Waals surface area (Å²) >= 11 is 0. The predicted molar refractivity (Wildman–Crippen MR) is 87.0 cm³/mol. The maximum Gasteiger partial charge on any atom is 0.160 e. The van der Waals surface area contributed by atoms with Crippen LogP contribution in [0, 0.1) is 0 Å². The first kappa shape index (κ1) is 15.4. The Labute approximate surface area is 127 Å². The number of aromatic hydroxyl groups is 1. The second-order valence-corrected chi connectivity index (χ2v) is 5.41. The lowest BCUT2D eigenvalue weighted by Crippen LogP contribution is -1.90. The van der Waals surface area contributed by atoms with Crippen molar-refractivity contribution in [3.63, 3.8) is 0 Å². The summed E-state index contributed by atoms with van der Waals surface area (Å²) in [5.74, 6) is 0.778. The Kier molecular flexibility index (Phi) is 6.14. The van der Waals surface area contributed by atoms with Crippen LogP contribution < -0.4 is 4.74 Å². The molecule has 0 unspecified atom stereocenters. The highest BCUT2D eigenvalue weighted by Gasteiger charge is 2.02. The fourth-order valence-electron chi connectivity index (χ4n) is 2.53. The maximum atomic E-state index is 9.56. The number of unbranched alkanes of at least 4 members (excludes halogenated alkanes) is 3. The lowest BCUT2D eigenvalue weighted by Gasteiger charge is -2.07. The summed E-state index contributed by atoms with van der Waals surface area (Å²) in [7, 11) is 1.59. The van der Waals surface area contributed by atoms with Gasteiger partial charge in [0.15, 0.2) is 11.5 Å². The molecule has 2 rings (SSSR count). The van der Waals surface area contributed by atoms with Gasteiger partial charge in [-0.15, -0.1) is 0 Å². The molecule has 2 heteroatoms. The molecule has 0 atom stereocenters. The van der Waals surface area contributed by atoms with Gasteiger partial charge >= 0.3 is 0 Å². The molecule has 0 fully saturated rings. The standard InChI is InChI=1S/C19H24O2/c1-21-19-15-17(13-14-18(19)20)12-6-3-2-5-9-16-10-7-4-8-11-16/h4,7-8,10-11,13-15,20H,2-3,5-6,9,12H2,1H3. The third-order valence-electron chi connectivity index (χ3n) is 3.77. The van der Waals surface area contributed by atoms with Gasteiger partial charge in [-0.25, -0.2) is 0 Å². The number of aryl methyl sites for hydroxylation is 2. The highest BCUT2D eigenvalue weighted by molar-refractivity contribution is 5.41. The monoisotopic (exact) mass is 284 g/mol. The zero-order chi connectivity index (χ0) is 14.9. The number of phenols is 1. The molecule has 2 aromatic carbocycles. The Morgan fingerprint density at radius 1 is 0.810 bits per heavy atom. The minimum atomic E-state index is 0.212. The van der Waals surface area contributed by atoms with E-state index in [2.05, 4.69) is 30.3 Å². The van der Waals surface area contributed by atoms with Crippen LogP contribution in [0.2, 0.25) is 0 Å². The molecule has 0 saturated carbocycles. The molecule has 1 N–H and O–H groups in total. The normalized spacial score (nSPS) is 10.5. The Morgan fingerprint density at radius 3 is 2.14 bits per heavy atom. The van der Waals surface area contributed by atoms with Crippen LogP contribution in [-0.4, -0.2) is 12.2 Å². The number of methoxy groups -OCH3 is 1. The van der Waals surface area contributed by atoms with Gasteiger partial charge in [0.25, 0.3) is 0 Å². The van der Waals surface area contributed by atoms with E-state index in [-0.39, 0.29) is 5.75 Å². The molecule has 0 heterocycles. The molecular weight excluding hydrogens is 260 g/mol. The summed E-state index contributed by atoms with van der Waals surface area (Å²) in [5.41, 5.74) is 2.66. The smallest absolute Gasteiger partial charge is 0.160 e. The van der Waals surface area contributed by atoms with E-state index in [1.165, 1.54) is 43.2 Å². The molecule has 0 aliphatic carbocycles. The van der Waals surface area contributed by atoms with Crippen LogP contribution in [0.25, 0.3) is 0 Å². The van der Waals surface area contributed by atoms with Crippen LogP contribution >= 0.6 is 0 Å². The third-order valence-corrected chi connectivity index (χ3v) is 3.77. The molecule has 0 aliphatic heterocycles. The number of phenolic OH excluding ortho intramolecular Hbond substituents is 1. The summed E-state index contributed by atoms with van der Waals surface area (Å²) in [6, 6.07) is 16.3. The van der Waals surface area contributed by atoms with Gasteiger partial charge in [0.1, 0.15) is 0 Å². The Balaban J connectivity index is 1.63. The van der Waals surface area contributed by atoms with Gasteiger partial charge in [-0.1, -0.05) is 49.2 Å². The lowest BCUT2D eigenvalue weighted by atomic mass is 10.0. The summed E-state index contributed by atoms with van der Waals surface area (Å²) in [5, 5.41) is 9.56.